The number of ether oxygens (including phenoxy) is 2. The Labute approximate surface area is 249 Å². The number of piperazine rings is 1. The van der Waals surface area contributed by atoms with E-state index in [0.717, 1.165) is 63.4 Å². The lowest BCUT2D eigenvalue weighted by Gasteiger charge is -2.32. The van der Waals surface area contributed by atoms with E-state index in [9.17, 15) is 4.79 Å². The minimum atomic E-state index is -0.171. The summed E-state index contributed by atoms with van der Waals surface area (Å²) >= 11 is 6.65. The first-order chi connectivity index (χ1) is 20.4. The lowest BCUT2D eigenvalue weighted by atomic mass is 9.97. The van der Waals surface area contributed by atoms with Crippen molar-refractivity contribution in [1.82, 2.24) is 24.3 Å². The van der Waals surface area contributed by atoms with Crippen molar-refractivity contribution in [3.05, 3.63) is 101 Å². The van der Waals surface area contributed by atoms with Gasteiger partial charge in [0.1, 0.15) is 0 Å². The second-order valence-corrected chi connectivity index (χ2v) is 11.6. The van der Waals surface area contributed by atoms with E-state index in [1.807, 2.05) is 54.4 Å². The second-order valence-electron chi connectivity index (χ2n) is 11.1. The van der Waals surface area contributed by atoms with Crippen LogP contribution in [0.3, 0.4) is 0 Å². The molecule has 2 aliphatic rings. The maximum atomic E-state index is 14.2. The van der Waals surface area contributed by atoms with E-state index in [4.69, 9.17) is 26.1 Å². The number of likely N-dealkylation sites (N-methyl/N-ethyl adjacent to an activating group) is 1. The number of hydrogen-bond donors (Lipinski definition) is 1. The summed E-state index contributed by atoms with van der Waals surface area (Å²) < 4.78 is 13.3. The molecule has 4 heterocycles. The van der Waals surface area contributed by atoms with Crippen LogP contribution in [0.5, 0.6) is 11.5 Å². The highest BCUT2D eigenvalue weighted by Crippen LogP contribution is 2.38. The number of carbonyl (C=O) groups is 1. The van der Waals surface area contributed by atoms with Crippen LogP contribution in [-0.2, 0) is 6.42 Å². The number of nitrogens with zero attached hydrogens (tertiary/aromatic N) is 4. The molecule has 1 atom stereocenters. The van der Waals surface area contributed by atoms with Gasteiger partial charge < -0.3 is 28.8 Å². The highest BCUT2D eigenvalue weighted by Gasteiger charge is 2.28. The van der Waals surface area contributed by atoms with Crippen LogP contribution < -0.4 is 9.47 Å². The molecule has 9 heteroatoms. The van der Waals surface area contributed by atoms with Gasteiger partial charge in [-0.2, -0.15) is 0 Å². The third kappa shape index (κ3) is 4.91. The standard InChI is InChI=1S/C33H32ClN5O3/c1-21-32(36-19-35-21)29(13-22-7-8-30-31(14-22)42-20-41-30)39-17-27(26-16-24(34)15-23-5-3-4-6-25(23)26)28(18-39)33(40)38-11-9-37(2)10-12-38/h3-8,14-19,29H,9-13,20H2,1-2H3,(H,35,36). The average Bonchev–Trinajstić information content (AvgIpc) is 3.75. The molecule has 0 bridgehead atoms. The molecule has 7 rings (SSSR count). The summed E-state index contributed by atoms with van der Waals surface area (Å²) in [7, 11) is 2.09. The van der Waals surface area contributed by atoms with Crippen molar-refractivity contribution >= 4 is 28.3 Å². The van der Waals surface area contributed by atoms with Crippen molar-refractivity contribution in [2.24, 2.45) is 0 Å². The fourth-order valence-electron chi connectivity index (χ4n) is 6.06. The Hall–Kier alpha value is -4.27. The molecule has 0 radical (unpaired) electrons. The van der Waals surface area contributed by atoms with Gasteiger partial charge >= 0.3 is 0 Å². The molecule has 0 spiro atoms. The van der Waals surface area contributed by atoms with Gasteiger partial charge in [-0.05, 0) is 66.6 Å². The lowest BCUT2D eigenvalue weighted by Crippen LogP contribution is -2.47. The van der Waals surface area contributed by atoms with Gasteiger partial charge in [-0.15, -0.1) is 0 Å². The monoisotopic (exact) mass is 581 g/mol. The number of benzene rings is 3. The number of H-pyrrole nitrogens is 1. The summed E-state index contributed by atoms with van der Waals surface area (Å²) in [5.74, 6) is 1.53. The quantitative estimate of drug-likeness (QED) is 0.268. The number of aryl methyl sites for hydroxylation is 1. The van der Waals surface area contributed by atoms with Gasteiger partial charge in [0, 0.05) is 54.9 Å². The number of rotatable bonds is 6. The molecule has 0 aliphatic carbocycles. The molecule has 1 amide bonds. The third-order valence-corrected chi connectivity index (χ3v) is 8.61. The number of fused-ring (bicyclic) bond motifs is 2. The maximum Gasteiger partial charge on any atom is 0.256 e. The molecule has 1 saturated heterocycles. The minimum absolute atomic E-state index is 0.0292. The number of aromatic nitrogens is 3. The normalized spacial score (nSPS) is 15.8. The lowest BCUT2D eigenvalue weighted by molar-refractivity contribution is 0.0664. The first-order valence-electron chi connectivity index (χ1n) is 14.2. The Balaban J connectivity index is 1.37. The highest BCUT2D eigenvalue weighted by atomic mass is 35.5. The number of hydrogen-bond acceptors (Lipinski definition) is 5. The molecule has 1 fully saturated rings. The van der Waals surface area contributed by atoms with Crippen molar-refractivity contribution in [2.45, 2.75) is 19.4 Å². The molecule has 5 aromatic rings. The van der Waals surface area contributed by atoms with Gasteiger partial charge in [-0.25, -0.2) is 4.98 Å². The maximum absolute atomic E-state index is 14.2. The molecule has 3 aromatic carbocycles. The number of aromatic amines is 1. The highest BCUT2D eigenvalue weighted by molar-refractivity contribution is 6.32. The Kier molecular flexibility index (Phi) is 6.88. The summed E-state index contributed by atoms with van der Waals surface area (Å²) in [6.07, 6.45) is 6.46. The summed E-state index contributed by atoms with van der Waals surface area (Å²) in [4.78, 5) is 26.4. The minimum Gasteiger partial charge on any atom is -0.454 e. The number of imidazole rings is 1. The number of carbonyl (C=O) groups excluding carboxylic acids is 1. The molecular weight excluding hydrogens is 550 g/mol. The summed E-state index contributed by atoms with van der Waals surface area (Å²) in [5, 5.41) is 2.72. The fourth-order valence-corrected chi connectivity index (χ4v) is 6.28. The molecule has 214 valence electrons. The molecule has 2 aliphatic heterocycles. The smallest absolute Gasteiger partial charge is 0.256 e. The Morgan fingerprint density at radius 3 is 2.62 bits per heavy atom. The SMILES string of the molecule is Cc1[nH]cnc1C(Cc1ccc2c(c1)OCO2)n1cc(C(=O)N2CCN(C)CC2)c(-c2cc(Cl)cc3ccccc23)c1. The van der Waals surface area contributed by atoms with Crippen molar-refractivity contribution < 1.29 is 14.3 Å². The van der Waals surface area contributed by atoms with Crippen LogP contribution in [-0.4, -0.2) is 70.3 Å². The predicted molar refractivity (Wildman–Crippen MR) is 164 cm³/mol. The first kappa shape index (κ1) is 26.6. The van der Waals surface area contributed by atoms with Crippen LogP contribution in [0.15, 0.2) is 73.3 Å². The molecular formula is C33H32ClN5O3. The van der Waals surface area contributed by atoms with Crippen LogP contribution in [0.25, 0.3) is 21.9 Å². The zero-order valence-electron chi connectivity index (χ0n) is 23.6. The van der Waals surface area contributed by atoms with E-state index in [1.165, 1.54) is 0 Å². The van der Waals surface area contributed by atoms with Gasteiger partial charge in [0.25, 0.3) is 5.91 Å². The van der Waals surface area contributed by atoms with Gasteiger partial charge in [-0.1, -0.05) is 41.9 Å². The first-order valence-corrected chi connectivity index (χ1v) is 14.6. The summed E-state index contributed by atoms with van der Waals surface area (Å²) in [5.41, 5.74) is 5.45. The zero-order valence-corrected chi connectivity index (χ0v) is 24.4. The van der Waals surface area contributed by atoms with Crippen LogP contribution in [0, 0.1) is 6.92 Å². The Bertz CT molecular complexity index is 1790. The Morgan fingerprint density at radius 2 is 1.81 bits per heavy atom. The average molecular weight is 582 g/mol. The van der Waals surface area contributed by atoms with Crippen molar-refractivity contribution in [3.8, 4) is 22.6 Å². The van der Waals surface area contributed by atoms with Crippen LogP contribution in [0.4, 0.5) is 0 Å². The Morgan fingerprint density at radius 1 is 1.00 bits per heavy atom. The van der Waals surface area contributed by atoms with Crippen molar-refractivity contribution in [2.75, 3.05) is 40.0 Å². The molecule has 0 saturated carbocycles. The molecule has 2 aromatic heterocycles. The van der Waals surface area contributed by atoms with Gasteiger partial charge in [0.2, 0.25) is 6.79 Å². The largest absolute Gasteiger partial charge is 0.454 e. The molecule has 1 N–H and O–H groups in total. The zero-order chi connectivity index (χ0) is 28.8. The molecule has 42 heavy (non-hydrogen) atoms. The number of halogens is 1. The van der Waals surface area contributed by atoms with Crippen LogP contribution >= 0.6 is 11.6 Å². The van der Waals surface area contributed by atoms with E-state index in [-0.39, 0.29) is 18.7 Å². The molecule has 1 unspecified atom stereocenters. The number of amides is 1. The van der Waals surface area contributed by atoms with Crippen molar-refractivity contribution in [1.29, 1.82) is 0 Å². The van der Waals surface area contributed by atoms with E-state index < -0.39 is 0 Å². The summed E-state index contributed by atoms with van der Waals surface area (Å²) in [6.45, 7) is 5.33. The van der Waals surface area contributed by atoms with Crippen molar-refractivity contribution in [3.63, 3.8) is 0 Å². The van der Waals surface area contributed by atoms with Gasteiger partial charge in [-0.3, -0.25) is 4.79 Å². The van der Waals surface area contributed by atoms with Gasteiger partial charge in [0.05, 0.1) is 23.6 Å². The molecule has 8 nitrogen and oxygen atoms in total. The van der Waals surface area contributed by atoms with E-state index in [0.29, 0.717) is 30.1 Å². The number of nitrogens with one attached hydrogen (secondary N) is 1. The fraction of sp³-hybridized carbons (Fsp3) is 0.273. The third-order valence-electron chi connectivity index (χ3n) is 8.39. The van der Waals surface area contributed by atoms with Crippen LogP contribution in [0.2, 0.25) is 5.02 Å². The summed E-state index contributed by atoms with van der Waals surface area (Å²) in [6, 6.07) is 18.0. The topological polar surface area (TPSA) is 75.6 Å². The van der Waals surface area contributed by atoms with E-state index >= 15 is 0 Å². The second kappa shape index (κ2) is 10.9. The van der Waals surface area contributed by atoms with E-state index in [2.05, 4.69) is 45.9 Å². The van der Waals surface area contributed by atoms with Gasteiger partial charge in [0.15, 0.2) is 11.5 Å². The van der Waals surface area contributed by atoms with Crippen LogP contribution in [0.1, 0.15) is 33.4 Å². The van der Waals surface area contributed by atoms with E-state index in [1.54, 1.807) is 6.33 Å². The predicted octanol–water partition coefficient (Wildman–Crippen LogP) is 5.94.